The molecule has 1 aliphatic rings. The van der Waals surface area contributed by atoms with Gasteiger partial charge in [0.25, 0.3) is 5.91 Å². The van der Waals surface area contributed by atoms with E-state index in [0.717, 1.165) is 5.56 Å². The highest BCUT2D eigenvalue weighted by Crippen LogP contribution is 2.28. The van der Waals surface area contributed by atoms with Crippen molar-refractivity contribution in [2.75, 3.05) is 7.05 Å². The maximum Gasteiger partial charge on any atom is 0.437 e. The molecule has 9 heteroatoms. The van der Waals surface area contributed by atoms with E-state index in [0.29, 0.717) is 18.4 Å². The molecule has 8 nitrogen and oxygen atoms in total. The smallest absolute Gasteiger partial charge is 0.437 e. The molecular formula is C30H39FN4O4. The Morgan fingerprint density at radius 3 is 2.38 bits per heavy atom. The van der Waals surface area contributed by atoms with Gasteiger partial charge in [0.15, 0.2) is 0 Å². The molecule has 3 amide bonds. The summed E-state index contributed by atoms with van der Waals surface area (Å²) in [4.78, 5) is 46.2. The zero-order chi connectivity index (χ0) is 29.0. The second kappa shape index (κ2) is 12.0. The fourth-order valence-electron chi connectivity index (χ4n) is 4.53. The van der Waals surface area contributed by atoms with E-state index in [4.69, 9.17) is 4.74 Å². The van der Waals surface area contributed by atoms with Gasteiger partial charge in [0.2, 0.25) is 11.9 Å². The van der Waals surface area contributed by atoms with Crippen LogP contribution in [0.5, 0.6) is 0 Å². The number of hydrogen-bond acceptors (Lipinski definition) is 4. The molecule has 210 valence electrons. The second-order valence-corrected chi connectivity index (χ2v) is 11.0. The first kappa shape index (κ1) is 29.8. The Morgan fingerprint density at radius 2 is 1.79 bits per heavy atom. The van der Waals surface area contributed by atoms with Crippen LogP contribution in [0.1, 0.15) is 88.3 Å². The van der Waals surface area contributed by atoms with Gasteiger partial charge < -0.3 is 15.0 Å². The van der Waals surface area contributed by atoms with Crippen molar-refractivity contribution in [1.29, 1.82) is 0 Å². The van der Waals surface area contributed by atoms with E-state index in [1.165, 1.54) is 17.0 Å². The van der Waals surface area contributed by atoms with Gasteiger partial charge in [0.05, 0.1) is 19.0 Å². The molecule has 2 aromatic rings. The van der Waals surface area contributed by atoms with E-state index >= 15 is 0 Å². The molecule has 0 bridgehead atoms. The van der Waals surface area contributed by atoms with E-state index in [1.807, 2.05) is 51.1 Å². The van der Waals surface area contributed by atoms with Crippen LogP contribution in [-0.4, -0.2) is 51.9 Å². The minimum absolute atomic E-state index is 0.0520. The number of benzene rings is 2. The molecule has 1 N–H and O–H groups in total. The first-order valence-corrected chi connectivity index (χ1v) is 13.3. The van der Waals surface area contributed by atoms with Crippen molar-refractivity contribution in [3.63, 3.8) is 0 Å². The Balaban J connectivity index is 1.91. The zero-order valence-electron chi connectivity index (χ0n) is 23.9. The Hall–Kier alpha value is -3.75. The predicted octanol–water partition coefficient (Wildman–Crippen LogP) is 5.83. The topological polar surface area (TPSA) is 91.3 Å². The number of nitrogens with zero attached hydrogens (tertiary/aromatic N) is 3. The number of guanidine groups is 1. The van der Waals surface area contributed by atoms with Crippen molar-refractivity contribution >= 4 is 23.9 Å². The van der Waals surface area contributed by atoms with Crippen LogP contribution in [0.15, 0.2) is 53.5 Å². The fourth-order valence-corrected chi connectivity index (χ4v) is 4.53. The summed E-state index contributed by atoms with van der Waals surface area (Å²) in [6, 6.07) is 13.4. The number of ether oxygens (including phenoxy) is 1. The molecule has 3 rings (SSSR count). The Bertz CT molecular complexity index is 1240. The molecule has 39 heavy (non-hydrogen) atoms. The number of rotatable bonds is 7. The number of aliphatic imine (C=N–C) groups is 1. The maximum atomic E-state index is 14.8. The van der Waals surface area contributed by atoms with Gasteiger partial charge in [-0.1, -0.05) is 44.2 Å². The quantitative estimate of drug-likeness (QED) is 0.479. The molecule has 0 unspecified atom stereocenters. The Kier molecular flexibility index (Phi) is 9.14. The highest BCUT2D eigenvalue weighted by atomic mass is 19.1. The van der Waals surface area contributed by atoms with Crippen LogP contribution in [0, 0.1) is 5.82 Å². The summed E-state index contributed by atoms with van der Waals surface area (Å²) in [5, 5.41) is 3.27. The number of nitrogens with one attached hydrogen (secondary N) is 1. The van der Waals surface area contributed by atoms with Crippen LogP contribution in [0.3, 0.4) is 0 Å². The SMILES string of the molecule is CCC1(CC)CC(=O)N(Cc2cc(F)cc(C(=O)N(C)[C@@H](C)c3ccccc3)c2)C(=NC(=O)OC(C)(C)C)N1. The normalized spacial score (nSPS) is 17.0. The number of halogens is 1. The van der Waals surface area contributed by atoms with Crippen molar-refractivity contribution in [1.82, 2.24) is 15.1 Å². The third kappa shape index (κ3) is 7.43. The Morgan fingerprint density at radius 1 is 1.15 bits per heavy atom. The van der Waals surface area contributed by atoms with Crippen molar-refractivity contribution in [2.24, 2.45) is 4.99 Å². The molecule has 2 aromatic carbocycles. The third-order valence-electron chi connectivity index (χ3n) is 7.10. The van der Waals surface area contributed by atoms with Crippen molar-refractivity contribution in [3.8, 4) is 0 Å². The summed E-state index contributed by atoms with van der Waals surface area (Å²) in [5.74, 6) is -1.16. The lowest BCUT2D eigenvalue weighted by molar-refractivity contribution is -0.131. The first-order valence-electron chi connectivity index (χ1n) is 13.3. The van der Waals surface area contributed by atoms with Crippen LogP contribution in [0.2, 0.25) is 0 Å². The fraction of sp³-hybridized carbons (Fsp3) is 0.467. The van der Waals surface area contributed by atoms with Crippen molar-refractivity contribution in [3.05, 3.63) is 71.0 Å². The summed E-state index contributed by atoms with van der Waals surface area (Å²) in [7, 11) is 1.67. The summed E-state index contributed by atoms with van der Waals surface area (Å²) < 4.78 is 20.1. The molecule has 1 saturated heterocycles. The van der Waals surface area contributed by atoms with Crippen LogP contribution >= 0.6 is 0 Å². The van der Waals surface area contributed by atoms with Gasteiger partial charge in [-0.2, -0.15) is 0 Å². The standard InChI is InChI=1S/C30H39FN4O4/c1-8-30(9-2)18-25(36)35(27(33-30)32-28(38)39-29(4,5)6)19-21-15-23(17-24(31)16-21)26(37)34(7)20(3)22-13-11-10-12-14-22/h10-17,20H,8-9,18-19H2,1-7H3,(H,32,33,38)/t20-/m0/s1. The van der Waals surface area contributed by atoms with Crippen LogP contribution in [0.4, 0.5) is 9.18 Å². The molecule has 0 radical (unpaired) electrons. The largest absolute Gasteiger partial charge is 0.442 e. The molecule has 0 saturated carbocycles. The average molecular weight is 539 g/mol. The van der Waals surface area contributed by atoms with Gasteiger partial charge in [0, 0.05) is 18.2 Å². The molecular weight excluding hydrogens is 499 g/mol. The van der Waals surface area contributed by atoms with Gasteiger partial charge in [-0.3, -0.25) is 14.5 Å². The van der Waals surface area contributed by atoms with Gasteiger partial charge in [-0.25, -0.2) is 9.18 Å². The summed E-state index contributed by atoms with van der Waals surface area (Å²) in [6.07, 6.45) is 0.630. The minimum Gasteiger partial charge on any atom is -0.442 e. The van der Waals surface area contributed by atoms with Gasteiger partial charge >= 0.3 is 6.09 Å². The highest BCUT2D eigenvalue weighted by Gasteiger charge is 2.40. The highest BCUT2D eigenvalue weighted by molar-refractivity contribution is 6.04. The van der Waals surface area contributed by atoms with Crippen LogP contribution in [0.25, 0.3) is 0 Å². The van der Waals surface area contributed by atoms with Crippen LogP contribution < -0.4 is 5.32 Å². The molecule has 1 aliphatic heterocycles. The predicted molar refractivity (Wildman–Crippen MR) is 149 cm³/mol. The molecule has 0 aromatic heterocycles. The number of carbonyl (C=O) groups excluding carboxylic acids is 3. The zero-order valence-corrected chi connectivity index (χ0v) is 23.9. The summed E-state index contributed by atoms with van der Waals surface area (Å²) >= 11 is 0. The van der Waals surface area contributed by atoms with E-state index in [2.05, 4.69) is 10.3 Å². The van der Waals surface area contributed by atoms with Gasteiger partial charge in [-0.15, -0.1) is 4.99 Å². The van der Waals surface area contributed by atoms with Crippen molar-refractivity contribution < 1.29 is 23.5 Å². The van der Waals surface area contributed by atoms with E-state index in [1.54, 1.807) is 38.8 Å². The van der Waals surface area contributed by atoms with Gasteiger partial charge in [0.1, 0.15) is 11.4 Å². The second-order valence-electron chi connectivity index (χ2n) is 11.0. The Labute approximate surface area is 230 Å². The molecule has 0 spiro atoms. The van der Waals surface area contributed by atoms with E-state index in [-0.39, 0.29) is 42.3 Å². The maximum absolute atomic E-state index is 14.8. The van der Waals surface area contributed by atoms with E-state index in [9.17, 15) is 18.8 Å². The minimum atomic E-state index is -0.836. The molecule has 1 fully saturated rings. The van der Waals surface area contributed by atoms with Crippen molar-refractivity contribution in [2.45, 2.75) is 84.5 Å². The molecule has 1 heterocycles. The van der Waals surface area contributed by atoms with Crippen LogP contribution in [-0.2, 0) is 16.1 Å². The third-order valence-corrected chi connectivity index (χ3v) is 7.10. The molecule has 0 aliphatic carbocycles. The van der Waals surface area contributed by atoms with Gasteiger partial charge in [-0.05, 0) is 69.9 Å². The first-order chi connectivity index (χ1) is 18.3. The summed E-state index contributed by atoms with van der Waals surface area (Å²) in [6.45, 7) is 10.9. The lowest BCUT2D eigenvalue weighted by atomic mass is 9.87. The monoisotopic (exact) mass is 538 g/mol. The lowest BCUT2D eigenvalue weighted by Crippen LogP contribution is -2.62. The summed E-state index contributed by atoms with van der Waals surface area (Å²) in [5.41, 5.74) is 0.181. The van der Waals surface area contributed by atoms with E-state index < -0.39 is 23.1 Å². The average Bonchev–Trinajstić information content (AvgIpc) is 2.88. The number of amides is 3. The number of carbonyl (C=O) groups is 3. The molecule has 1 atom stereocenters. The lowest BCUT2D eigenvalue weighted by Gasteiger charge is -2.42. The number of hydrogen-bond donors (Lipinski definition) is 1.